The fraction of sp³-hybridized carbons (Fsp3) is 0.571. The first kappa shape index (κ1) is 22.5. The molecule has 1 saturated carbocycles. The van der Waals surface area contributed by atoms with Gasteiger partial charge in [-0.15, -0.1) is 0 Å². The van der Waals surface area contributed by atoms with E-state index in [4.69, 9.17) is 9.47 Å². The van der Waals surface area contributed by atoms with Gasteiger partial charge >= 0.3 is 6.09 Å². The second-order valence-electron chi connectivity index (χ2n) is 8.24. The van der Waals surface area contributed by atoms with Crippen molar-refractivity contribution in [3.05, 3.63) is 18.2 Å². The van der Waals surface area contributed by atoms with Gasteiger partial charge in [-0.3, -0.25) is 14.9 Å². The van der Waals surface area contributed by atoms with Crippen LogP contribution in [0, 0.1) is 5.92 Å². The van der Waals surface area contributed by atoms with Gasteiger partial charge in [0.25, 0.3) is 0 Å². The van der Waals surface area contributed by atoms with E-state index in [1.54, 1.807) is 45.9 Å². The number of methoxy groups -OCH3 is 1. The molecule has 0 radical (unpaired) electrons. The molecule has 0 aromatic heterocycles. The topological polar surface area (TPSA) is 106 Å². The predicted octanol–water partition coefficient (Wildman–Crippen LogP) is 3.68. The Morgan fingerprint density at radius 3 is 2.34 bits per heavy atom. The fourth-order valence-electron chi connectivity index (χ4n) is 3.13. The smallest absolute Gasteiger partial charge is 0.412 e. The van der Waals surface area contributed by atoms with Gasteiger partial charge < -0.3 is 20.1 Å². The van der Waals surface area contributed by atoms with Crippen LogP contribution in [0.1, 0.15) is 53.4 Å². The molecule has 0 saturated heterocycles. The number of hydrogen-bond donors (Lipinski definition) is 3. The Bertz CT molecular complexity index is 751. The summed E-state index contributed by atoms with van der Waals surface area (Å²) in [4.78, 5) is 36.7. The number of carbonyl (C=O) groups is 3. The molecule has 3 amide bonds. The molecule has 8 heteroatoms. The Labute approximate surface area is 171 Å². The van der Waals surface area contributed by atoms with Crippen LogP contribution in [0.25, 0.3) is 0 Å². The molecule has 29 heavy (non-hydrogen) atoms. The third-order valence-corrected chi connectivity index (χ3v) is 4.58. The molecule has 0 bridgehead atoms. The van der Waals surface area contributed by atoms with E-state index in [2.05, 4.69) is 16.0 Å². The van der Waals surface area contributed by atoms with Crippen molar-refractivity contribution in [3.8, 4) is 5.75 Å². The molecule has 1 aromatic carbocycles. The van der Waals surface area contributed by atoms with Crippen LogP contribution in [-0.2, 0) is 14.3 Å². The van der Waals surface area contributed by atoms with E-state index in [1.165, 1.54) is 7.11 Å². The van der Waals surface area contributed by atoms with Crippen molar-refractivity contribution in [2.45, 2.75) is 65.0 Å². The molecule has 8 nitrogen and oxygen atoms in total. The molecule has 1 aromatic rings. The maximum atomic E-state index is 12.5. The third kappa shape index (κ3) is 6.96. The monoisotopic (exact) mass is 405 g/mol. The van der Waals surface area contributed by atoms with Crippen LogP contribution in [0.3, 0.4) is 0 Å². The summed E-state index contributed by atoms with van der Waals surface area (Å²) in [5, 5.41) is 8.14. The molecule has 0 heterocycles. The number of benzene rings is 1. The zero-order valence-corrected chi connectivity index (χ0v) is 17.8. The molecular formula is C21H31N3O5. The van der Waals surface area contributed by atoms with E-state index in [-0.39, 0.29) is 17.7 Å². The lowest BCUT2D eigenvalue weighted by Crippen LogP contribution is -2.43. The maximum Gasteiger partial charge on any atom is 0.412 e. The summed E-state index contributed by atoms with van der Waals surface area (Å²) >= 11 is 0. The van der Waals surface area contributed by atoms with Crippen LogP contribution in [0.4, 0.5) is 16.2 Å². The Morgan fingerprint density at radius 2 is 1.76 bits per heavy atom. The minimum Gasteiger partial charge on any atom is -0.495 e. The molecule has 0 spiro atoms. The number of rotatable bonds is 6. The highest BCUT2D eigenvalue weighted by atomic mass is 16.6. The minimum absolute atomic E-state index is 0.00383. The van der Waals surface area contributed by atoms with E-state index >= 15 is 0 Å². The molecule has 1 atom stereocenters. The normalized spacial score (nSPS) is 15.3. The second kappa shape index (κ2) is 9.62. The number of nitrogens with one attached hydrogen (secondary N) is 3. The summed E-state index contributed by atoms with van der Waals surface area (Å²) in [6.07, 6.45) is 3.23. The molecular weight excluding hydrogens is 374 g/mol. The first-order valence-corrected chi connectivity index (χ1v) is 9.88. The van der Waals surface area contributed by atoms with Gasteiger partial charge in [0.05, 0.1) is 12.8 Å². The van der Waals surface area contributed by atoms with Crippen molar-refractivity contribution in [2.75, 3.05) is 17.7 Å². The fourth-order valence-corrected chi connectivity index (χ4v) is 3.13. The van der Waals surface area contributed by atoms with Crippen LogP contribution in [0.15, 0.2) is 18.2 Å². The average Bonchev–Trinajstić information content (AvgIpc) is 3.15. The van der Waals surface area contributed by atoms with Crippen molar-refractivity contribution in [1.82, 2.24) is 5.32 Å². The van der Waals surface area contributed by atoms with Crippen LogP contribution in [-0.4, -0.2) is 36.7 Å². The highest BCUT2D eigenvalue weighted by Gasteiger charge is 2.25. The van der Waals surface area contributed by atoms with Crippen molar-refractivity contribution in [1.29, 1.82) is 0 Å². The molecule has 1 fully saturated rings. The van der Waals surface area contributed by atoms with Gasteiger partial charge in [-0.25, -0.2) is 4.79 Å². The first-order chi connectivity index (χ1) is 13.6. The molecule has 3 N–H and O–H groups in total. The zero-order chi connectivity index (χ0) is 21.6. The van der Waals surface area contributed by atoms with E-state index < -0.39 is 17.7 Å². The number of anilines is 2. The van der Waals surface area contributed by atoms with Gasteiger partial charge in [-0.2, -0.15) is 0 Å². The number of hydrogen-bond acceptors (Lipinski definition) is 5. The van der Waals surface area contributed by atoms with Gasteiger partial charge in [-0.05, 0) is 58.7 Å². The quantitative estimate of drug-likeness (QED) is 0.669. The van der Waals surface area contributed by atoms with Crippen molar-refractivity contribution < 1.29 is 23.9 Å². The molecule has 1 aliphatic carbocycles. The SMILES string of the molecule is COc1ccc(NC(=O)[C@H](C)NC(=O)C2CCCC2)cc1NC(=O)OC(C)(C)C. The van der Waals surface area contributed by atoms with Crippen LogP contribution in [0.2, 0.25) is 0 Å². The van der Waals surface area contributed by atoms with E-state index in [0.717, 1.165) is 25.7 Å². The summed E-state index contributed by atoms with van der Waals surface area (Å²) in [5.74, 6) is 0.00389. The minimum atomic E-state index is -0.674. The predicted molar refractivity (Wildman–Crippen MR) is 111 cm³/mol. The lowest BCUT2D eigenvalue weighted by molar-refractivity contribution is -0.128. The standard InChI is InChI=1S/C21H31N3O5/c1-13(22-19(26)14-8-6-7-9-14)18(25)23-15-10-11-17(28-5)16(12-15)24-20(27)29-21(2,3)4/h10-14H,6-9H2,1-5H3,(H,22,26)(H,23,25)(H,24,27)/t13-/m0/s1. The lowest BCUT2D eigenvalue weighted by atomic mass is 10.1. The largest absolute Gasteiger partial charge is 0.495 e. The summed E-state index contributed by atoms with van der Waals surface area (Å²) < 4.78 is 10.5. The average molecular weight is 405 g/mol. The van der Waals surface area contributed by atoms with Crippen molar-refractivity contribution >= 4 is 29.3 Å². The molecule has 0 unspecified atom stereocenters. The Morgan fingerprint density at radius 1 is 1.10 bits per heavy atom. The Hall–Kier alpha value is -2.77. The van der Waals surface area contributed by atoms with Gasteiger partial charge in [0.1, 0.15) is 17.4 Å². The first-order valence-electron chi connectivity index (χ1n) is 9.88. The van der Waals surface area contributed by atoms with E-state index in [9.17, 15) is 14.4 Å². The summed E-state index contributed by atoms with van der Waals surface area (Å²) in [7, 11) is 1.48. The van der Waals surface area contributed by atoms with Crippen molar-refractivity contribution in [3.63, 3.8) is 0 Å². The second-order valence-corrected chi connectivity index (χ2v) is 8.24. The number of carbonyl (C=O) groups excluding carboxylic acids is 3. The lowest BCUT2D eigenvalue weighted by Gasteiger charge is -2.21. The van der Waals surface area contributed by atoms with Crippen LogP contribution in [0.5, 0.6) is 5.75 Å². The third-order valence-electron chi connectivity index (χ3n) is 4.58. The van der Waals surface area contributed by atoms with Crippen LogP contribution >= 0.6 is 0 Å². The molecule has 0 aliphatic heterocycles. The van der Waals surface area contributed by atoms with Gasteiger partial charge in [0, 0.05) is 11.6 Å². The number of ether oxygens (including phenoxy) is 2. The van der Waals surface area contributed by atoms with Gasteiger partial charge in [-0.1, -0.05) is 12.8 Å². The van der Waals surface area contributed by atoms with Gasteiger partial charge in [0.2, 0.25) is 11.8 Å². The molecule has 1 aliphatic rings. The van der Waals surface area contributed by atoms with Crippen LogP contribution < -0.4 is 20.7 Å². The summed E-state index contributed by atoms with van der Waals surface area (Å²) in [6, 6.07) is 4.19. The maximum absolute atomic E-state index is 12.5. The van der Waals surface area contributed by atoms with E-state index in [1.807, 2.05) is 0 Å². The zero-order valence-electron chi connectivity index (χ0n) is 17.8. The molecule has 2 rings (SSSR count). The summed E-state index contributed by atoms with van der Waals surface area (Å²) in [5.41, 5.74) is 0.182. The Balaban J connectivity index is 2.01. The van der Waals surface area contributed by atoms with Crippen molar-refractivity contribution in [2.24, 2.45) is 5.92 Å². The van der Waals surface area contributed by atoms with Gasteiger partial charge in [0.15, 0.2) is 0 Å². The van der Waals surface area contributed by atoms with E-state index in [0.29, 0.717) is 17.1 Å². The Kier molecular flexibility index (Phi) is 7.47. The summed E-state index contributed by atoms with van der Waals surface area (Å²) in [6.45, 7) is 6.94. The molecule has 160 valence electrons. The highest BCUT2D eigenvalue weighted by Crippen LogP contribution is 2.29. The highest BCUT2D eigenvalue weighted by molar-refractivity contribution is 5.98. The number of amides is 3.